The minimum atomic E-state index is -1.04. The average molecular weight is 544 g/mol. The van der Waals surface area contributed by atoms with Crippen LogP contribution in [0.4, 0.5) is 0 Å². The third-order valence-corrected chi connectivity index (χ3v) is 7.13. The Balaban J connectivity index is 1.50. The van der Waals surface area contributed by atoms with E-state index in [0.29, 0.717) is 31.0 Å². The molecule has 0 aliphatic carbocycles. The Kier molecular flexibility index (Phi) is 9.63. The Morgan fingerprint density at radius 1 is 0.949 bits per heavy atom. The summed E-state index contributed by atoms with van der Waals surface area (Å²) in [6, 6.07) is 24.4. The number of amides is 1. The fourth-order valence-electron chi connectivity index (χ4n) is 4.30. The molecule has 6 nitrogen and oxygen atoms in total. The van der Waals surface area contributed by atoms with Gasteiger partial charge in [-0.3, -0.25) is 4.79 Å². The molecule has 1 amide bonds. The van der Waals surface area contributed by atoms with Gasteiger partial charge in [-0.1, -0.05) is 60.2 Å². The molecule has 0 spiro atoms. The van der Waals surface area contributed by atoms with Crippen molar-refractivity contribution in [2.24, 2.45) is 0 Å². The maximum Gasteiger partial charge on any atom is 0.326 e. The van der Waals surface area contributed by atoms with E-state index in [2.05, 4.69) is 17.4 Å². The molecule has 39 heavy (non-hydrogen) atoms. The van der Waals surface area contributed by atoms with Gasteiger partial charge in [-0.05, 0) is 78.8 Å². The fraction of sp³-hybridized carbons (Fsp3) is 0.250. The number of hydrogen-bond acceptors (Lipinski definition) is 5. The van der Waals surface area contributed by atoms with Crippen LogP contribution in [-0.2, 0) is 22.7 Å². The minimum absolute atomic E-state index is 0.309. The number of carboxylic acids is 1. The third kappa shape index (κ3) is 7.40. The van der Waals surface area contributed by atoms with E-state index >= 15 is 0 Å². The molecule has 0 saturated heterocycles. The van der Waals surface area contributed by atoms with Crippen molar-refractivity contribution in [3.63, 3.8) is 0 Å². The zero-order valence-corrected chi connectivity index (χ0v) is 23.2. The van der Waals surface area contributed by atoms with Crippen molar-refractivity contribution in [3.8, 4) is 22.5 Å². The Morgan fingerprint density at radius 2 is 1.72 bits per heavy atom. The smallest absolute Gasteiger partial charge is 0.326 e. The molecule has 0 aliphatic heterocycles. The Bertz CT molecular complexity index is 1430. The summed E-state index contributed by atoms with van der Waals surface area (Å²) < 4.78 is 11.9. The number of aliphatic carboxylic acids is 1. The van der Waals surface area contributed by atoms with Crippen molar-refractivity contribution in [2.75, 3.05) is 12.0 Å². The van der Waals surface area contributed by atoms with E-state index in [1.165, 1.54) is 5.56 Å². The molecule has 4 rings (SSSR count). The molecule has 4 aromatic rings. The first kappa shape index (κ1) is 28.2. The lowest BCUT2D eigenvalue weighted by molar-refractivity contribution is -0.139. The summed E-state index contributed by atoms with van der Waals surface area (Å²) in [4.78, 5) is 25.0. The first-order chi connectivity index (χ1) is 18.9. The topological polar surface area (TPSA) is 88.8 Å². The van der Waals surface area contributed by atoms with E-state index in [1.54, 1.807) is 17.8 Å². The predicted octanol–water partition coefficient (Wildman–Crippen LogP) is 6.88. The van der Waals surface area contributed by atoms with Crippen LogP contribution in [0.25, 0.3) is 22.5 Å². The largest absolute Gasteiger partial charge is 0.480 e. The molecule has 0 bridgehead atoms. The van der Waals surface area contributed by atoms with Crippen LogP contribution in [0.2, 0.25) is 0 Å². The number of rotatable bonds is 12. The molecule has 0 unspecified atom stereocenters. The molecule has 1 atom stereocenters. The standard InChI is InChI=1S/C32H33NO5S/c1-21-8-11-24(12-9-21)30-15-13-25(38-30)20-37-19-23-10-14-27(28(18-23)26-7-5-4-6-22(26)2)31(34)33-29(32(35)36)16-17-39-3/h4-15,18,29H,16-17,19-20H2,1-3H3,(H,33,34)(H,35,36)/t29-/m0/s1. The van der Waals surface area contributed by atoms with Crippen LogP contribution in [0.3, 0.4) is 0 Å². The van der Waals surface area contributed by atoms with Gasteiger partial charge in [0.2, 0.25) is 0 Å². The number of carbonyl (C=O) groups is 2. The van der Waals surface area contributed by atoms with Crippen molar-refractivity contribution in [1.29, 1.82) is 0 Å². The predicted molar refractivity (Wildman–Crippen MR) is 156 cm³/mol. The van der Waals surface area contributed by atoms with E-state index in [4.69, 9.17) is 9.15 Å². The summed E-state index contributed by atoms with van der Waals surface area (Å²) in [5, 5.41) is 12.3. The highest BCUT2D eigenvalue weighted by Gasteiger charge is 2.22. The van der Waals surface area contributed by atoms with Gasteiger partial charge in [-0.25, -0.2) is 4.79 Å². The van der Waals surface area contributed by atoms with Crippen LogP contribution in [0, 0.1) is 13.8 Å². The van der Waals surface area contributed by atoms with Crippen molar-refractivity contribution in [1.82, 2.24) is 5.32 Å². The van der Waals surface area contributed by atoms with Crippen LogP contribution in [0.1, 0.15) is 39.2 Å². The van der Waals surface area contributed by atoms with Crippen LogP contribution >= 0.6 is 11.8 Å². The Labute approximate surface area is 233 Å². The maximum atomic E-state index is 13.3. The molecular formula is C32H33NO5S. The highest BCUT2D eigenvalue weighted by molar-refractivity contribution is 7.98. The van der Waals surface area contributed by atoms with E-state index < -0.39 is 17.9 Å². The first-order valence-corrected chi connectivity index (χ1v) is 14.2. The van der Waals surface area contributed by atoms with E-state index in [0.717, 1.165) is 39.3 Å². The molecule has 202 valence electrons. The quantitative estimate of drug-likeness (QED) is 0.202. The molecule has 3 aromatic carbocycles. The van der Waals surface area contributed by atoms with Gasteiger partial charge in [0.15, 0.2) is 0 Å². The second kappa shape index (κ2) is 13.3. The second-order valence-corrected chi connectivity index (χ2v) is 10.5. The first-order valence-electron chi connectivity index (χ1n) is 12.8. The van der Waals surface area contributed by atoms with Crippen LogP contribution in [0.5, 0.6) is 0 Å². The number of ether oxygens (including phenoxy) is 1. The maximum absolute atomic E-state index is 13.3. The number of aryl methyl sites for hydroxylation is 2. The number of benzene rings is 3. The molecule has 2 N–H and O–H groups in total. The van der Waals surface area contributed by atoms with Gasteiger partial charge in [0.05, 0.1) is 6.61 Å². The van der Waals surface area contributed by atoms with Gasteiger partial charge < -0.3 is 19.6 Å². The van der Waals surface area contributed by atoms with Gasteiger partial charge in [0, 0.05) is 11.1 Å². The summed E-state index contributed by atoms with van der Waals surface area (Å²) in [7, 11) is 0. The fourth-order valence-corrected chi connectivity index (χ4v) is 4.78. The zero-order chi connectivity index (χ0) is 27.8. The molecular weight excluding hydrogens is 510 g/mol. The summed E-state index contributed by atoms with van der Waals surface area (Å²) in [5.74, 6) is 0.714. The number of carbonyl (C=O) groups excluding carboxylic acids is 1. The molecule has 0 fully saturated rings. The Morgan fingerprint density at radius 3 is 2.44 bits per heavy atom. The molecule has 7 heteroatoms. The Hall–Kier alpha value is -3.81. The molecule has 0 saturated carbocycles. The van der Waals surface area contributed by atoms with Crippen molar-refractivity contribution >= 4 is 23.6 Å². The lowest BCUT2D eigenvalue weighted by Gasteiger charge is -2.17. The minimum Gasteiger partial charge on any atom is -0.480 e. The third-order valence-electron chi connectivity index (χ3n) is 6.49. The summed E-state index contributed by atoms with van der Waals surface area (Å²) in [5.41, 5.74) is 6.20. The van der Waals surface area contributed by atoms with Crippen LogP contribution in [0.15, 0.2) is 83.3 Å². The van der Waals surface area contributed by atoms with Crippen LogP contribution in [-0.4, -0.2) is 35.0 Å². The molecule has 1 aromatic heterocycles. The van der Waals surface area contributed by atoms with Gasteiger partial charge in [0.25, 0.3) is 5.91 Å². The summed E-state index contributed by atoms with van der Waals surface area (Å²) >= 11 is 1.55. The normalized spacial score (nSPS) is 11.8. The van der Waals surface area contributed by atoms with Crippen molar-refractivity contribution < 1.29 is 23.8 Å². The lowest BCUT2D eigenvalue weighted by Crippen LogP contribution is -2.41. The molecule has 0 radical (unpaired) electrons. The van der Waals surface area contributed by atoms with Crippen molar-refractivity contribution in [2.45, 2.75) is 39.5 Å². The molecule has 1 heterocycles. The summed E-state index contributed by atoms with van der Waals surface area (Å²) in [6.07, 6.45) is 2.26. The second-order valence-electron chi connectivity index (χ2n) is 9.47. The number of carboxylic acid groups (broad SMARTS) is 1. The number of nitrogens with one attached hydrogen (secondary N) is 1. The highest BCUT2D eigenvalue weighted by atomic mass is 32.2. The van der Waals surface area contributed by atoms with Gasteiger partial charge in [-0.2, -0.15) is 11.8 Å². The van der Waals surface area contributed by atoms with Gasteiger partial charge >= 0.3 is 5.97 Å². The molecule has 0 aliphatic rings. The van der Waals surface area contributed by atoms with Crippen LogP contribution < -0.4 is 5.32 Å². The lowest BCUT2D eigenvalue weighted by atomic mass is 9.93. The monoisotopic (exact) mass is 543 g/mol. The zero-order valence-electron chi connectivity index (χ0n) is 22.4. The number of hydrogen-bond donors (Lipinski definition) is 2. The van der Waals surface area contributed by atoms with Gasteiger partial charge in [-0.15, -0.1) is 0 Å². The van der Waals surface area contributed by atoms with Gasteiger partial charge in [0.1, 0.15) is 24.2 Å². The van der Waals surface area contributed by atoms with E-state index in [-0.39, 0.29) is 0 Å². The average Bonchev–Trinajstić information content (AvgIpc) is 3.40. The van der Waals surface area contributed by atoms with E-state index in [9.17, 15) is 14.7 Å². The highest BCUT2D eigenvalue weighted by Crippen LogP contribution is 2.29. The summed E-state index contributed by atoms with van der Waals surface area (Å²) in [6.45, 7) is 4.67. The number of furan rings is 1. The SMILES string of the molecule is CSCC[C@H](NC(=O)c1ccc(COCc2ccc(-c3ccc(C)cc3)o2)cc1-c1ccccc1C)C(=O)O. The van der Waals surface area contributed by atoms with E-state index in [1.807, 2.05) is 80.8 Å². The van der Waals surface area contributed by atoms with Crippen molar-refractivity contribution in [3.05, 3.63) is 107 Å². The number of thioether (sulfide) groups is 1.